The van der Waals surface area contributed by atoms with E-state index in [0.717, 1.165) is 48.3 Å². The lowest BCUT2D eigenvalue weighted by Gasteiger charge is -2.37. The molecule has 0 aliphatic carbocycles. The summed E-state index contributed by atoms with van der Waals surface area (Å²) in [5.74, 6) is 2.42. The third-order valence-corrected chi connectivity index (χ3v) is 7.00. The van der Waals surface area contributed by atoms with Gasteiger partial charge >= 0.3 is 0 Å². The molecule has 0 bridgehead atoms. The Morgan fingerprint density at radius 2 is 1.75 bits per heavy atom. The molecule has 36 heavy (non-hydrogen) atoms. The van der Waals surface area contributed by atoms with E-state index in [9.17, 15) is 4.79 Å². The monoisotopic (exact) mass is 503 g/mol. The van der Waals surface area contributed by atoms with Crippen molar-refractivity contribution in [3.05, 3.63) is 88.2 Å². The molecule has 0 aromatic heterocycles. The van der Waals surface area contributed by atoms with Crippen molar-refractivity contribution in [1.82, 2.24) is 9.80 Å². The fourth-order valence-corrected chi connectivity index (χ4v) is 4.73. The number of amides is 1. The van der Waals surface area contributed by atoms with Crippen molar-refractivity contribution in [1.29, 1.82) is 0 Å². The van der Waals surface area contributed by atoms with Crippen LogP contribution < -0.4 is 5.32 Å². The van der Waals surface area contributed by atoms with Crippen LogP contribution in [0.5, 0.6) is 0 Å². The van der Waals surface area contributed by atoms with Gasteiger partial charge in [0.15, 0.2) is 0 Å². The van der Waals surface area contributed by atoms with Crippen molar-refractivity contribution >= 4 is 23.2 Å². The Kier molecular flexibility index (Phi) is 8.30. The first-order valence-electron chi connectivity index (χ1n) is 12.2. The number of halogens is 2. The molecule has 6 heteroatoms. The quantitative estimate of drug-likeness (QED) is 0.304. The van der Waals surface area contributed by atoms with Crippen LogP contribution in [0.2, 0.25) is 5.02 Å². The van der Waals surface area contributed by atoms with E-state index in [4.69, 9.17) is 11.6 Å². The Labute approximate surface area is 218 Å². The first-order valence-corrected chi connectivity index (χ1v) is 12.6. The van der Waals surface area contributed by atoms with Gasteiger partial charge in [-0.2, -0.15) is 0 Å². The highest BCUT2D eigenvalue weighted by Crippen LogP contribution is 2.29. The van der Waals surface area contributed by atoms with Crippen molar-refractivity contribution in [3.8, 4) is 23.1 Å². The second-order valence-electron chi connectivity index (χ2n) is 9.31. The molecule has 1 aliphatic heterocycles. The summed E-state index contributed by atoms with van der Waals surface area (Å²) in [7, 11) is 2.09. The number of likely N-dealkylation sites (tertiary alicyclic amines) is 1. The number of nitrogens with zero attached hydrogens (tertiary/aromatic N) is 2. The van der Waals surface area contributed by atoms with Gasteiger partial charge in [0.05, 0.1) is 0 Å². The van der Waals surface area contributed by atoms with Gasteiger partial charge in [-0.05, 0) is 112 Å². The zero-order valence-corrected chi connectivity index (χ0v) is 21.7. The minimum atomic E-state index is -0.311. The van der Waals surface area contributed by atoms with E-state index in [0.29, 0.717) is 16.1 Å². The summed E-state index contributed by atoms with van der Waals surface area (Å²) in [6, 6.07) is 21.0. The zero-order valence-electron chi connectivity index (χ0n) is 20.9. The van der Waals surface area contributed by atoms with Crippen molar-refractivity contribution in [3.63, 3.8) is 0 Å². The number of carbonyl (C=O) groups excluding carboxylic acids is 1. The van der Waals surface area contributed by atoms with Gasteiger partial charge in [-0.1, -0.05) is 29.7 Å². The lowest BCUT2D eigenvalue weighted by atomic mass is 9.98. The van der Waals surface area contributed by atoms with Gasteiger partial charge in [-0.25, -0.2) is 4.39 Å². The molecule has 3 aromatic rings. The molecule has 1 N–H and O–H groups in total. The minimum Gasteiger partial charge on any atom is -0.331 e. The SMILES string of the molecule is CC#CNc1ccc(-c2ccc(F)c(CN(C(=O)c3ccc(Cl)cc3)C3CCN(C)CC3)c2)cc1C. The first kappa shape index (κ1) is 25.8. The van der Waals surface area contributed by atoms with Crippen LogP contribution in [-0.4, -0.2) is 41.9 Å². The van der Waals surface area contributed by atoms with Crippen LogP contribution in [0.4, 0.5) is 10.1 Å². The predicted molar refractivity (Wildman–Crippen MR) is 145 cm³/mol. The van der Waals surface area contributed by atoms with Gasteiger partial charge < -0.3 is 15.1 Å². The van der Waals surface area contributed by atoms with Crippen LogP contribution >= 0.6 is 11.6 Å². The maximum atomic E-state index is 15.1. The summed E-state index contributed by atoms with van der Waals surface area (Å²) in [5.41, 5.74) is 4.95. The average Bonchev–Trinajstić information content (AvgIpc) is 2.88. The van der Waals surface area contributed by atoms with Gasteiger partial charge in [-0.3, -0.25) is 4.79 Å². The summed E-state index contributed by atoms with van der Waals surface area (Å²) >= 11 is 6.04. The summed E-state index contributed by atoms with van der Waals surface area (Å²) in [6.07, 6.45) is 1.71. The Hall–Kier alpha value is -3.33. The third kappa shape index (κ3) is 6.07. The number of hydrogen-bond acceptors (Lipinski definition) is 3. The highest BCUT2D eigenvalue weighted by Gasteiger charge is 2.28. The minimum absolute atomic E-state index is 0.0414. The van der Waals surface area contributed by atoms with E-state index in [-0.39, 0.29) is 24.3 Å². The van der Waals surface area contributed by atoms with Gasteiger partial charge in [0.2, 0.25) is 0 Å². The van der Waals surface area contributed by atoms with Crippen LogP contribution in [0, 0.1) is 24.7 Å². The zero-order chi connectivity index (χ0) is 25.7. The summed E-state index contributed by atoms with van der Waals surface area (Å²) < 4.78 is 15.1. The molecule has 0 unspecified atom stereocenters. The molecule has 1 aliphatic rings. The van der Waals surface area contributed by atoms with E-state index in [2.05, 4.69) is 35.3 Å². The first-order chi connectivity index (χ1) is 17.4. The van der Waals surface area contributed by atoms with E-state index in [1.54, 1.807) is 37.3 Å². The fourth-order valence-electron chi connectivity index (χ4n) is 4.60. The molecular formula is C30H31ClFN3O. The Morgan fingerprint density at radius 3 is 2.42 bits per heavy atom. The molecule has 4 nitrogen and oxygen atoms in total. The molecule has 0 atom stereocenters. The number of anilines is 1. The average molecular weight is 504 g/mol. The molecule has 186 valence electrons. The molecule has 4 rings (SSSR count). The van der Waals surface area contributed by atoms with Crippen LogP contribution in [-0.2, 0) is 6.54 Å². The molecular weight excluding hydrogens is 473 g/mol. The number of benzene rings is 3. The summed E-state index contributed by atoms with van der Waals surface area (Å²) in [6.45, 7) is 5.81. The molecule has 1 heterocycles. The van der Waals surface area contributed by atoms with E-state index >= 15 is 4.39 Å². The highest BCUT2D eigenvalue weighted by molar-refractivity contribution is 6.30. The maximum Gasteiger partial charge on any atom is 0.254 e. The van der Waals surface area contributed by atoms with E-state index in [1.165, 1.54) is 6.07 Å². The lowest BCUT2D eigenvalue weighted by molar-refractivity contribution is 0.0567. The van der Waals surface area contributed by atoms with E-state index in [1.807, 2.05) is 30.0 Å². The summed E-state index contributed by atoms with van der Waals surface area (Å²) in [5, 5.41) is 3.66. The number of rotatable bonds is 6. The third-order valence-electron chi connectivity index (χ3n) is 6.75. The molecule has 1 amide bonds. The van der Waals surface area contributed by atoms with E-state index < -0.39 is 0 Å². The Balaban J connectivity index is 1.64. The smallest absolute Gasteiger partial charge is 0.254 e. The number of nitrogens with one attached hydrogen (secondary N) is 1. The second kappa shape index (κ2) is 11.6. The predicted octanol–water partition coefficient (Wildman–Crippen LogP) is 6.58. The number of hydrogen-bond donors (Lipinski definition) is 1. The van der Waals surface area contributed by atoms with Crippen molar-refractivity contribution in [2.24, 2.45) is 0 Å². The number of aryl methyl sites for hydroxylation is 1. The fraction of sp³-hybridized carbons (Fsp3) is 0.300. The molecule has 0 saturated carbocycles. The topological polar surface area (TPSA) is 35.6 Å². The normalized spacial score (nSPS) is 14.1. The second-order valence-corrected chi connectivity index (χ2v) is 9.75. The molecule has 1 saturated heterocycles. The van der Waals surface area contributed by atoms with Crippen molar-refractivity contribution in [2.75, 3.05) is 25.5 Å². The van der Waals surface area contributed by atoms with Gasteiger partial charge in [0.1, 0.15) is 5.82 Å². The Morgan fingerprint density at radius 1 is 1.08 bits per heavy atom. The van der Waals surface area contributed by atoms with Gasteiger partial charge in [0, 0.05) is 40.5 Å². The number of carbonyl (C=O) groups is 1. The summed E-state index contributed by atoms with van der Waals surface area (Å²) in [4.78, 5) is 17.7. The van der Waals surface area contributed by atoms with Crippen LogP contribution in [0.25, 0.3) is 11.1 Å². The van der Waals surface area contributed by atoms with Crippen LogP contribution in [0.1, 0.15) is 41.3 Å². The number of piperidine rings is 1. The lowest BCUT2D eigenvalue weighted by Crippen LogP contribution is -2.46. The molecule has 0 radical (unpaired) electrons. The van der Waals surface area contributed by atoms with Crippen LogP contribution in [0.3, 0.4) is 0 Å². The molecule has 3 aromatic carbocycles. The molecule has 1 fully saturated rings. The standard InChI is InChI=1S/C30H31ClFN3O/c1-4-15-33-29-12-8-23(18-21(29)2)24-7-11-28(32)25(19-24)20-35(27-13-16-34(3)17-14-27)30(36)22-5-9-26(31)10-6-22/h5-12,18-19,27,33H,13-14,16-17,20H2,1-3H3. The van der Waals surface area contributed by atoms with Crippen molar-refractivity contribution in [2.45, 2.75) is 39.3 Å². The Bertz CT molecular complexity index is 1290. The van der Waals surface area contributed by atoms with Gasteiger partial charge in [0.25, 0.3) is 5.91 Å². The largest absolute Gasteiger partial charge is 0.331 e. The van der Waals surface area contributed by atoms with Gasteiger partial charge in [-0.15, -0.1) is 0 Å². The van der Waals surface area contributed by atoms with Crippen LogP contribution in [0.15, 0.2) is 60.7 Å². The maximum absolute atomic E-state index is 15.1. The highest BCUT2D eigenvalue weighted by atomic mass is 35.5. The molecule has 0 spiro atoms. The van der Waals surface area contributed by atoms with Crippen molar-refractivity contribution < 1.29 is 9.18 Å².